The Labute approximate surface area is 132 Å². The maximum absolute atomic E-state index is 12.0. The molecule has 0 heterocycles. The van der Waals surface area contributed by atoms with Crippen molar-refractivity contribution in [2.24, 2.45) is 0 Å². The molecule has 0 radical (unpaired) electrons. The highest BCUT2D eigenvalue weighted by Crippen LogP contribution is 2.30. The number of hydrogen-bond donors (Lipinski definition) is 0. The molecule has 0 aromatic heterocycles. The number of carbonyl (C=O) groups excluding carboxylic acids is 1. The fraction of sp³-hybridized carbons (Fsp3) is 0.222. The first-order valence-corrected chi connectivity index (χ1v) is 10.4. The zero-order valence-electron chi connectivity index (χ0n) is 12.9. The van der Waals surface area contributed by atoms with Crippen LogP contribution in [0.3, 0.4) is 0 Å². The number of ketones is 1. The summed E-state index contributed by atoms with van der Waals surface area (Å²) in [6.45, 7) is 4.56. The van der Waals surface area contributed by atoms with Crippen LogP contribution in [0.25, 0.3) is 5.53 Å². The van der Waals surface area contributed by atoms with Gasteiger partial charge in [-0.2, -0.15) is 4.79 Å². The van der Waals surface area contributed by atoms with Gasteiger partial charge in [0.1, 0.15) is 0 Å². The lowest BCUT2D eigenvalue weighted by Gasteiger charge is -2.32. The van der Waals surface area contributed by atoms with Crippen molar-refractivity contribution in [2.75, 3.05) is 0 Å². The molecule has 3 nitrogen and oxygen atoms in total. The van der Waals surface area contributed by atoms with Crippen LogP contribution in [-0.2, 0) is 4.79 Å². The van der Waals surface area contributed by atoms with Gasteiger partial charge in [-0.15, -0.1) is 0 Å². The zero-order chi connectivity index (χ0) is 16.0. The molecular weight excluding hydrogens is 288 g/mol. The van der Waals surface area contributed by atoms with E-state index in [1.54, 1.807) is 0 Å². The maximum Gasteiger partial charge on any atom is 0.323 e. The van der Waals surface area contributed by atoms with E-state index >= 15 is 0 Å². The monoisotopic (exact) mass is 308 g/mol. The van der Waals surface area contributed by atoms with Crippen LogP contribution in [0.5, 0.6) is 0 Å². The molecule has 0 N–H and O–H groups in total. The van der Waals surface area contributed by atoms with Gasteiger partial charge in [-0.1, -0.05) is 78.9 Å². The molecule has 0 aliphatic carbocycles. The lowest BCUT2D eigenvalue weighted by molar-refractivity contribution is -0.116. The van der Waals surface area contributed by atoms with Crippen molar-refractivity contribution < 1.29 is 9.58 Å². The van der Waals surface area contributed by atoms with Crippen LogP contribution in [0.2, 0.25) is 13.1 Å². The Kier molecular flexibility index (Phi) is 5.20. The number of hydrogen-bond acceptors (Lipinski definition) is 1. The molecule has 2 rings (SSSR count). The molecule has 112 valence electrons. The van der Waals surface area contributed by atoms with Gasteiger partial charge < -0.3 is 5.53 Å². The summed E-state index contributed by atoms with van der Waals surface area (Å²) in [5.41, 5.74) is 9.91. The van der Waals surface area contributed by atoms with Crippen molar-refractivity contribution in [2.45, 2.75) is 25.1 Å². The third kappa shape index (κ3) is 3.67. The third-order valence-electron chi connectivity index (χ3n) is 4.20. The average Bonchev–Trinajstić information content (AvgIpc) is 2.54. The molecule has 0 bridgehead atoms. The Morgan fingerprint density at radius 1 is 1.09 bits per heavy atom. The van der Waals surface area contributed by atoms with E-state index in [0.29, 0.717) is 6.42 Å². The van der Waals surface area contributed by atoms with E-state index in [0.717, 1.165) is 6.21 Å². The number of nitrogens with zero attached hydrogens (tertiary/aromatic N) is 2. The quantitative estimate of drug-likeness (QED) is 0.350. The van der Waals surface area contributed by atoms with Gasteiger partial charge in [-0.3, -0.25) is 4.79 Å². The van der Waals surface area contributed by atoms with Crippen LogP contribution in [0.15, 0.2) is 60.7 Å². The van der Waals surface area contributed by atoms with E-state index in [2.05, 4.69) is 42.1 Å². The Morgan fingerprint density at radius 3 is 2.18 bits per heavy atom. The van der Waals surface area contributed by atoms with Gasteiger partial charge in [0.05, 0.1) is 8.07 Å². The summed E-state index contributed by atoms with van der Waals surface area (Å²) in [6, 6.07) is 20.5. The van der Waals surface area contributed by atoms with Gasteiger partial charge in [-0.05, 0) is 11.1 Å². The van der Waals surface area contributed by atoms with Gasteiger partial charge in [0, 0.05) is 6.42 Å². The lowest BCUT2D eigenvalue weighted by Crippen LogP contribution is -2.48. The molecule has 22 heavy (non-hydrogen) atoms. The molecule has 0 aliphatic heterocycles. The molecule has 0 spiro atoms. The van der Waals surface area contributed by atoms with Gasteiger partial charge >= 0.3 is 6.21 Å². The summed E-state index contributed by atoms with van der Waals surface area (Å²) in [7, 11) is -1.91. The van der Waals surface area contributed by atoms with Crippen LogP contribution in [0.4, 0.5) is 0 Å². The van der Waals surface area contributed by atoms with Gasteiger partial charge in [0.25, 0.3) is 0 Å². The van der Waals surface area contributed by atoms with Crippen molar-refractivity contribution in [3.63, 3.8) is 0 Å². The Balaban J connectivity index is 2.43. The predicted octanol–water partition coefficient (Wildman–Crippen LogP) is 3.18. The molecule has 0 saturated heterocycles. The first kappa shape index (κ1) is 16.1. The summed E-state index contributed by atoms with van der Waals surface area (Å²) < 4.78 is 0. The van der Waals surface area contributed by atoms with E-state index in [1.165, 1.54) is 10.8 Å². The molecule has 1 atom stereocenters. The Hall–Kier alpha value is -2.29. The van der Waals surface area contributed by atoms with Crippen LogP contribution in [0.1, 0.15) is 17.5 Å². The molecule has 0 saturated carbocycles. The number of carbonyl (C=O) groups is 1. The van der Waals surface area contributed by atoms with Crippen LogP contribution in [0, 0.1) is 0 Å². The summed E-state index contributed by atoms with van der Waals surface area (Å²) in [6.07, 6.45) is 1.37. The maximum atomic E-state index is 12.0. The minimum Gasteiger partial charge on any atom is -0.361 e. The number of rotatable bonds is 6. The second-order valence-corrected chi connectivity index (χ2v) is 10.7. The van der Waals surface area contributed by atoms with Crippen LogP contribution >= 0.6 is 0 Å². The van der Waals surface area contributed by atoms with Crippen molar-refractivity contribution in [1.29, 1.82) is 0 Å². The summed E-state index contributed by atoms with van der Waals surface area (Å²) in [5, 5.41) is 1.32. The minimum absolute atomic E-state index is 0.140. The third-order valence-corrected chi connectivity index (χ3v) is 8.30. The summed E-state index contributed by atoms with van der Waals surface area (Å²) in [4.78, 5) is 14.9. The smallest absolute Gasteiger partial charge is 0.323 e. The van der Waals surface area contributed by atoms with E-state index < -0.39 is 8.07 Å². The molecule has 2 aromatic rings. The van der Waals surface area contributed by atoms with E-state index in [9.17, 15) is 4.79 Å². The van der Waals surface area contributed by atoms with Crippen molar-refractivity contribution in [3.8, 4) is 0 Å². The predicted molar refractivity (Wildman–Crippen MR) is 92.0 cm³/mol. The Morgan fingerprint density at radius 2 is 1.64 bits per heavy atom. The molecule has 0 aliphatic rings. The lowest BCUT2D eigenvalue weighted by atomic mass is 10.1. The average molecular weight is 308 g/mol. The van der Waals surface area contributed by atoms with Crippen molar-refractivity contribution >= 4 is 25.3 Å². The number of benzene rings is 2. The summed E-state index contributed by atoms with van der Waals surface area (Å²) in [5.74, 6) is -0.146. The van der Waals surface area contributed by atoms with Crippen molar-refractivity contribution in [3.05, 3.63) is 71.8 Å². The van der Waals surface area contributed by atoms with E-state index in [4.69, 9.17) is 5.53 Å². The highest BCUT2D eigenvalue weighted by Gasteiger charge is 2.36. The number of Topliss-reactive ketones (excluding diaryl/α,β-unsaturated/α-hetero) is 1. The first-order chi connectivity index (χ1) is 10.6. The highest BCUT2D eigenvalue weighted by molar-refractivity contribution is 6.91. The van der Waals surface area contributed by atoms with E-state index in [1.807, 2.05) is 36.4 Å². The van der Waals surface area contributed by atoms with E-state index in [-0.39, 0.29) is 11.3 Å². The Bertz CT molecular complexity index is 677. The summed E-state index contributed by atoms with van der Waals surface area (Å²) >= 11 is 0. The molecule has 0 amide bonds. The highest BCUT2D eigenvalue weighted by atomic mass is 28.3. The molecule has 4 heteroatoms. The van der Waals surface area contributed by atoms with Crippen molar-refractivity contribution in [1.82, 2.24) is 0 Å². The topological polar surface area (TPSA) is 53.5 Å². The molecule has 0 fully saturated rings. The van der Waals surface area contributed by atoms with Crippen LogP contribution in [-0.4, -0.2) is 24.9 Å². The second-order valence-electron chi connectivity index (χ2n) is 5.97. The second kappa shape index (κ2) is 7.12. The molecule has 1 unspecified atom stereocenters. The fourth-order valence-electron chi connectivity index (χ4n) is 2.86. The minimum atomic E-state index is -1.91. The largest absolute Gasteiger partial charge is 0.361 e. The SMILES string of the molecule is C[Si](C)(c1ccccc1)C(CC(=O)C=[N+]=[N-])c1ccccc1. The van der Waals surface area contributed by atoms with Crippen LogP contribution < -0.4 is 5.19 Å². The molecule has 2 aromatic carbocycles. The van der Waals surface area contributed by atoms with Gasteiger partial charge in [-0.25, -0.2) is 0 Å². The first-order valence-electron chi connectivity index (χ1n) is 7.36. The zero-order valence-corrected chi connectivity index (χ0v) is 13.9. The normalized spacial score (nSPS) is 12.3. The molecular formula is C18H20N2OSi. The van der Waals surface area contributed by atoms with Gasteiger partial charge in [0.15, 0.2) is 0 Å². The standard InChI is InChI=1S/C18H20N2OSi/c1-22(2,17-11-7-4-8-12-17)18(13-16(21)14-20-19)15-9-5-3-6-10-15/h3-12,14,18H,13H2,1-2H3. The fourth-order valence-corrected chi connectivity index (χ4v) is 6.05. The van der Waals surface area contributed by atoms with Gasteiger partial charge in [0.2, 0.25) is 5.78 Å².